The Morgan fingerprint density at radius 3 is 1.27 bits per heavy atom. The lowest BCUT2D eigenvalue weighted by Crippen LogP contribution is -1.98. The van der Waals surface area contributed by atoms with Gasteiger partial charge in [0, 0.05) is 0 Å². The smallest absolute Gasteiger partial charge is 0.0724 e. The number of aryl methyl sites for hydroxylation is 2. The molecule has 2 nitrogen and oxygen atoms in total. The van der Waals surface area contributed by atoms with Gasteiger partial charge in [0.1, 0.15) is 0 Å². The van der Waals surface area contributed by atoms with Crippen molar-refractivity contribution >= 4 is 0 Å². The molecule has 0 amide bonds. The summed E-state index contributed by atoms with van der Waals surface area (Å²) >= 11 is 0. The van der Waals surface area contributed by atoms with Crippen LogP contribution < -0.4 is 0 Å². The molecule has 0 aliphatic heterocycles. The number of benzene rings is 3. The van der Waals surface area contributed by atoms with Gasteiger partial charge in [-0.2, -0.15) is 0 Å². The Labute approximate surface area is 156 Å². The maximum absolute atomic E-state index is 5.85. The first-order valence-electron chi connectivity index (χ1n) is 9.04. The molecule has 0 radical (unpaired) electrons. The van der Waals surface area contributed by atoms with Crippen LogP contribution in [-0.4, -0.2) is 0 Å². The normalized spacial score (nSPS) is 10.8. The Bertz CT molecular complexity index is 751. The Balaban J connectivity index is 1.43. The van der Waals surface area contributed by atoms with Crippen molar-refractivity contribution < 1.29 is 9.47 Å². The third kappa shape index (κ3) is 5.29. The fraction of sp³-hybridized carbons (Fsp3) is 0.250. The van der Waals surface area contributed by atoms with E-state index in [1.165, 1.54) is 33.4 Å². The first kappa shape index (κ1) is 18.4. The topological polar surface area (TPSA) is 18.5 Å². The van der Waals surface area contributed by atoms with Gasteiger partial charge < -0.3 is 9.47 Å². The molecular formula is C24H26O2. The van der Waals surface area contributed by atoms with Crippen molar-refractivity contribution in [3.8, 4) is 0 Å². The second-order valence-electron chi connectivity index (χ2n) is 6.66. The maximum atomic E-state index is 5.85. The molecule has 0 heterocycles. The van der Waals surface area contributed by atoms with Crippen molar-refractivity contribution in [3.63, 3.8) is 0 Å². The summed E-state index contributed by atoms with van der Waals surface area (Å²) in [5.74, 6) is 0. The van der Waals surface area contributed by atoms with E-state index in [1.807, 2.05) is 0 Å². The predicted molar refractivity (Wildman–Crippen MR) is 106 cm³/mol. The molecule has 0 aromatic heterocycles. The summed E-state index contributed by atoms with van der Waals surface area (Å²) in [6, 6.07) is 25.1. The Morgan fingerprint density at radius 1 is 0.500 bits per heavy atom. The molecule has 134 valence electrons. The lowest BCUT2D eigenvalue weighted by molar-refractivity contribution is 0.105. The highest BCUT2D eigenvalue weighted by Gasteiger charge is 2.01. The molecule has 3 aromatic carbocycles. The summed E-state index contributed by atoms with van der Waals surface area (Å²) in [6.45, 7) is 6.77. The molecule has 2 heteroatoms. The van der Waals surface area contributed by atoms with Crippen molar-refractivity contribution in [2.45, 2.75) is 40.3 Å². The molecule has 0 fully saturated rings. The van der Waals surface area contributed by atoms with E-state index in [4.69, 9.17) is 9.47 Å². The Kier molecular flexibility index (Phi) is 6.59. The van der Waals surface area contributed by atoms with Crippen LogP contribution in [0.1, 0.15) is 33.4 Å². The lowest BCUT2D eigenvalue weighted by atomic mass is 10.1. The third-order valence-corrected chi connectivity index (χ3v) is 4.60. The van der Waals surface area contributed by atoms with Gasteiger partial charge in [-0.05, 0) is 47.2 Å². The van der Waals surface area contributed by atoms with Gasteiger partial charge in [0.15, 0.2) is 0 Å². The minimum atomic E-state index is 0.624. The molecule has 0 spiro atoms. The fourth-order valence-corrected chi connectivity index (χ4v) is 2.83. The summed E-state index contributed by atoms with van der Waals surface area (Å²) < 4.78 is 11.7. The molecule has 3 rings (SSSR count). The van der Waals surface area contributed by atoms with Crippen LogP contribution in [0.4, 0.5) is 0 Å². The summed E-state index contributed by atoms with van der Waals surface area (Å²) in [7, 11) is 0. The van der Waals surface area contributed by atoms with Gasteiger partial charge in [-0.15, -0.1) is 0 Å². The van der Waals surface area contributed by atoms with E-state index >= 15 is 0 Å². The van der Waals surface area contributed by atoms with Crippen LogP contribution in [0, 0.1) is 13.8 Å². The van der Waals surface area contributed by atoms with Crippen LogP contribution in [0.25, 0.3) is 0 Å². The standard InChI is InChI=1S/C24H26O2/c1-19-7-3-5-9-23(19)17-25-15-21-11-13-22(14-12-21)16-26-18-24-10-6-4-8-20(24)2/h3-14H,15-18H2,1-2H3. The van der Waals surface area contributed by atoms with Crippen LogP contribution in [0.2, 0.25) is 0 Å². The van der Waals surface area contributed by atoms with Crippen LogP contribution >= 0.6 is 0 Å². The number of hydrogen-bond donors (Lipinski definition) is 0. The molecule has 3 aromatic rings. The van der Waals surface area contributed by atoms with Gasteiger partial charge in [0.2, 0.25) is 0 Å². The Morgan fingerprint density at radius 2 is 0.885 bits per heavy atom. The highest BCUT2D eigenvalue weighted by molar-refractivity contribution is 5.26. The molecule has 0 saturated carbocycles. The summed E-state index contributed by atoms with van der Waals surface area (Å²) in [5.41, 5.74) is 7.40. The quantitative estimate of drug-likeness (QED) is 0.518. The largest absolute Gasteiger partial charge is 0.372 e. The summed E-state index contributed by atoms with van der Waals surface area (Å²) in [5, 5.41) is 0. The van der Waals surface area contributed by atoms with Crippen LogP contribution in [-0.2, 0) is 35.9 Å². The first-order chi connectivity index (χ1) is 12.7. The number of hydrogen-bond acceptors (Lipinski definition) is 2. The van der Waals surface area contributed by atoms with E-state index in [-0.39, 0.29) is 0 Å². The van der Waals surface area contributed by atoms with E-state index in [0.717, 1.165) is 0 Å². The zero-order valence-electron chi connectivity index (χ0n) is 15.6. The van der Waals surface area contributed by atoms with Gasteiger partial charge in [0.25, 0.3) is 0 Å². The second-order valence-corrected chi connectivity index (χ2v) is 6.66. The summed E-state index contributed by atoms with van der Waals surface area (Å²) in [6.07, 6.45) is 0. The molecule has 0 bridgehead atoms. The Hall–Kier alpha value is -2.42. The van der Waals surface area contributed by atoms with Crippen molar-refractivity contribution in [2.24, 2.45) is 0 Å². The molecule has 0 atom stereocenters. The highest BCUT2D eigenvalue weighted by Crippen LogP contribution is 2.13. The molecule has 0 saturated heterocycles. The fourth-order valence-electron chi connectivity index (χ4n) is 2.83. The van der Waals surface area contributed by atoms with Crippen LogP contribution in [0.15, 0.2) is 72.8 Å². The van der Waals surface area contributed by atoms with Gasteiger partial charge in [-0.3, -0.25) is 0 Å². The van der Waals surface area contributed by atoms with Gasteiger partial charge in [-0.1, -0.05) is 72.8 Å². The third-order valence-electron chi connectivity index (χ3n) is 4.60. The zero-order valence-corrected chi connectivity index (χ0v) is 15.6. The minimum absolute atomic E-state index is 0.624. The van der Waals surface area contributed by atoms with Gasteiger partial charge >= 0.3 is 0 Å². The molecule has 0 aliphatic rings. The van der Waals surface area contributed by atoms with E-state index in [1.54, 1.807) is 0 Å². The molecule has 0 unspecified atom stereocenters. The molecular weight excluding hydrogens is 320 g/mol. The molecule has 0 aliphatic carbocycles. The predicted octanol–water partition coefficient (Wildman–Crippen LogP) is 5.74. The minimum Gasteiger partial charge on any atom is -0.372 e. The van der Waals surface area contributed by atoms with Gasteiger partial charge in [-0.25, -0.2) is 0 Å². The SMILES string of the molecule is Cc1ccccc1COCc1ccc(COCc2ccccc2C)cc1. The molecule has 0 N–H and O–H groups in total. The zero-order chi connectivity index (χ0) is 18.2. The van der Waals surface area contributed by atoms with Crippen molar-refractivity contribution in [1.82, 2.24) is 0 Å². The average Bonchev–Trinajstić information content (AvgIpc) is 2.66. The number of rotatable bonds is 8. The van der Waals surface area contributed by atoms with E-state index < -0.39 is 0 Å². The maximum Gasteiger partial charge on any atom is 0.0724 e. The van der Waals surface area contributed by atoms with Crippen molar-refractivity contribution in [3.05, 3.63) is 106 Å². The van der Waals surface area contributed by atoms with Crippen molar-refractivity contribution in [1.29, 1.82) is 0 Å². The van der Waals surface area contributed by atoms with E-state index in [0.29, 0.717) is 26.4 Å². The second kappa shape index (κ2) is 9.33. The van der Waals surface area contributed by atoms with Crippen LogP contribution in [0.5, 0.6) is 0 Å². The highest BCUT2D eigenvalue weighted by atomic mass is 16.5. The van der Waals surface area contributed by atoms with E-state index in [2.05, 4.69) is 86.6 Å². The van der Waals surface area contributed by atoms with Gasteiger partial charge in [0.05, 0.1) is 26.4 Å². The summed E-state index contributed by atoms with van der Waals surface area (Å²) in [4.78, 5) is 0. The lowest BCUT2D eigenvalue weighted by Gasteiger charge is -2.09. The number of ether oxygens (including phenoxy) is 2. The average molecular weight is 346 g/mol. The van der Waals surface area contributed by atoms with E-state index in [9.17, 15) is 0 Å². The monoisotopic (exact) mass is 346 g/mol. The molecule has 26 heavy (non-hydrogen) atoms. The van der Waals surface area contributed by atoms with Crippen LogP contribution in [0.3, 0.4) is 0 Å². The first-order valence-corrected chi connectivity index (χ1v) is 9.04. The van der Waals surface area contributed by atoms with Crippen molar-refractivity contribution in [2.75, 3.05) is 0 Å².